The molecule has 0 saturated carbocycles. The minimum absolute atomic E-state index is 0.339. The summed E-state index contributed by atoms with van der Waals surface area (Å²) in [6.07, 6.45) is 0. The van der Waals surface area contributed by atoms with Gasteiger partial charge in [0.1, 0.15) is 11.5 Å². The summed E-state index contributed by atoms with van der Waals surface area (Å²) in [5.74, 6) is -1.19. The normalized spacial score (nSPS) is 24.0. The monoisotopic (exact) mass is 608 g/mol. The van der Waals surface area contributed by atoms with Gasteiger partial charge in [-0.1, -0.05) is 133 Å². The minimum Gasteiger partial charge on any atom is -0.456 e. The van der Waals surface area contributed by atoms with E-state index in [1.807, 2.05) is 0 Å². The summed E-state index contributed by atoms with van der Waals surface area (Å²) < 4.78 is 244. The van der Waals surface area contributed by atoms with Crippen molar-refractivity contribution in [3.8, 4) is 56.0 Å². The Morgan fingerprint density at radius 3 is 2.00 bits per heavy atom. The summed E-state index contributed by atoms with van der Waals surface area (Å²) in [6, 6.07) is -22.7. The van der Waals surface area contributed by atoms with Gasteiger partial charge in [0.05, 0.1) is 41.1 Å². The van der Waals surface area contributed by atoms with Crippen molar-refractivity contribution >= 4 is 21.5 Å². The molecule has 0 fully saturated rings. The lowest BCUT2D eigenvalue weighted by atomic mass is 9.70. The molecule has 8 aromatic carbocycles. The molecule has 11 rings (SSSR count). The average molecular weight is 609 g/mol. The molecule has 2 aliphatic carbocycles. The van der Waals surface area contributed by atoms with Crippen LogP contribution in [0.5, 0.6) is 11.5 Å². The van der Waals surface area contributed by atoms with Gasteiger partial charge in [0.15, 0.2) is 0 Å². The third kappa shape index (κ3) is 2.91. The molecule has 0 bridgehead atoms. The van der Waals surface area contributed by atoms with Crippen LogP contribution in [0, 0.1) is 0 Å². The predicted molar refractivity (Wildman–Crippen MR) is 189 cm³/mol. The summed E-state index contributed by atoms with van der Waals surface area (Å²) in [5, 5.41) is -1.86. The maximum absolute atomic E-state index is 10.3. The zero-order valence-corrected chi connectivity index (χ0v) is 22.9. The van der Waals surface area contributed by atoms with Crippen LogP contribution >= 0.6 is 0 Å². The van der Waals surface area contributed by atoms with Crippen LogP contribution in [0.4, 0.5) is 0 Å². The van der Waals surface area contributed by atoms with Crippen molar-refractivity contribution < 1.29 is 40.4 Å². The molecular weight excluding hydrogens is 556 g/mol. The standard InChI is InChI=1S/C45H26O/c1-2-12-31-27(9-1)20-23-39-44(31)35-14-4-6-17-38(35)45(39)37-16-5-3-13-32(37)33-22-19-30(26-40(33)45)29-21-24-41-36(25-29)34-15-7-10-28-11-8-18-42(46-41)43(28)34/h1-26H/i1D,2D,3D,4D,5D,6D,7D,8D,9D,10D,11D,12D,13D,14D,15D,16D,17D,18D,19D,20D,21D,22D,23D,24D,25D,26D. The van der Waals surface area contributed by atoms with Gasteiger partial charge in [0.25, 0.3) is 0 Å². The molecule has 1 aliphatic heterocycles. The lowest BCUT2D eigenvalue weighted by Gasteiger charge is -2.31. The van der Waals surface area contributed by atoms with E-state index in [1.165, 1.54) is 0 Å². The fraction of sp³-hybridized carbons (Fsp3) is 0.0222. The Morgan fingerprint density at radius 2 is 1.09 bits per heavy atom. The van der Waals surface area contributed by atoms with E-state index in [-0.39, 0.29) is 5.39 Å². The van der Waals surface area contributed by atoms with Gasteiger partial charge >= 0.3 is 0 Å². The molecule has 0 amide bonds. The third-order valence-electron chi connectivity index (χ3n) is 8.64. The number of rotatable bonds is 1. The van der Waals surface area contributed by atoms with Gasteiger partial charge in [-0.05, 0) is 102 Å². The molecule has 0 aromatic heterocycles. The summed E-state index contributed by atoms with van der Waals surface area (Å²) in [6.45, 7) is 0. The predicted octanol–water partition coefficient (Wildman–Crippen LogP) is 11.8. The summed E-state index contributed by atoms with van der Waals surface area (Å²) in [5.41, 5.74) is -10.3. The second-order valence-corrected chi connectivity index (χ2v) is 10.8. The van der Waals surface area contributed by atoms with Crippen LogP contribution in [0.1, 0.15) is 57.9 Å². The van der Waals surface area contributed by atoms with Gasteiger partial charge in [-0.3, -0.25) is 0 Å². The van der Waals surface area contributed by atoms with Crippen LogP contribution in [0.2, 0.25) is 0 Å². The van der Waals surface area contributed by atoms with E-state index in [9.17, 15) is 17.8 Å². The highest BCUT2D eigenvalue weighted by Crippen LogP contribution is 2.64. The Balaban J connectivity index is 1.41. The van der Waals surface area contributed by atoms with E-state index in [0.717, 1.165) is 0 Å². The highest BCUT2D eigenvalue weighted by Gasteiger charge is 2.52. The summed E-state index contributed by atoms with van der Waals surface area (Å²) in [7, 11) is 0. The first-order valence-electron chi connectivity index (χ1n) is 26.9. The van der Waals surface area contributed by atoms with Crippen LogP contribution < -0.4 is 4.74 Å². The zero-order chi connectivity index (χ0) is 52.6. The van der Waals surface area contributed by atoms with Crippen LogP contribution in [0.15, 0.2) is 157 Å². The Labute approximate surface area is 303 Å². The van der Waals surface area contributed by atoms with Crippen molar-refractivity contribution in [1.82, 2.24) is 0 Å². The van der Waals surface area contributed by atoms with Crippen molar-refractivity contribution in [2.75, 3.05) is 0 Å². The van der Waals surface area contributed by atoms with Crippen LogP contribution in [-0.2, 0) is 5.41 Å². The van der Waals surface area contributed by atoms with E-state index in [1.54, 1.807) is 0 Å². The number of ether oxygens (including phenoxy) is 1. The van der Waals surface area contributed by atoms with Crippen molar-refractivity contribution in [3.05, 3.63) is 179 Å². The molecule has 0 radical (unpaired) electrons. The molecule has 1 nitrogen and oxygen atoms in total. The second kappa shape index (κ2) is 8.62. The second-order valence-electron chi connectivity index (χ2n) is 10.8. The van der Waals surface area contributed by atoms with Crippen LogP contribution in [0.25, 0.3) is 66.1 Å². The molecule has 0 N–H and O–H groups in total. The number of hydrogen-bond donors (Lipinski definition) is 0. The van der Waals surface area contributed by atoms with Crippen molar-refractivity contribution in [2.45, 2.75) is 5.41 Å². The molecule has 8 aromatic rings. The molecule has 1 unspecified atom stereocenters. The number of benzene rings is 8. The lowest BCUT2D eigenvalue weighted by molar-refractivity contribution is 0.487. The zero-order valence-electron chi connectivity index (χ0n) is 48.9. The number of fused-ring (bicyclic) bond motifs is 14. The molecule has 1 atom stereocenters. The van der Waals surface area contributed by atoms with Gasteiger partial charge < -0.3 is 4.74 Å². The van der Waals surface area contributed by atoms with E-state index in [0.29, 0.717) is 0 Å². The largest absolute Gasteiger partial charge is 0.456 e. The summed E-state index contributed by atoms with van der Waals surface area (Å²) in [4.78, 5) is 0. The Hall–Kier alpha value is -5.92. The molecule has 0 saturated heterocycles. The third-order valence-corrected chi connectivity index (χ3v) is 8.64. The molecule has 1 heteroatoms. The molecular formula is C45H26O. The Morgan fingerprint density at radius 1 is 0.413 bits per heavy atom. The first-order valence-corrected chi connectivity index (χ1v) is 13.9. The van der Waals surface area contributed by atoms with Gasteiger partial charge in [-0.15, -0.1) is 0 Å². The highest BCUT2D eigenvalue weighted by molar-refractivity contribution is 6.07. The quantitative estimate of drug-likeness (QED) is 0.180. The van der Waals surface area contributed by atoms with Crippen molar-refractivity contribution in [1.29, 1.82) is 0 Å². The smallest absolute Gasteiger partial charge is 0.135 e. The van der Waals surface area contributed by atoms with E-state index in [2.05, 4.69) is 0 Å². The maximum atomic E-state index is 10.3. The number of hydrogen-bond acceptors (Lipinski definition) is 1. The summed E-state index contributed by atoms with van der Waals surface area (Å²) >= 11 is 0. The Kier molecular flexibility index (Phi) is 1.98. The first kappa shape index (κ1) is 10.6. The van der Waals surface area contributed by atoms with Gasteiger partial charge in [0.2, 0.25) is 0 Å². The molecule has 3 aliphatic rings. The topological polar surface area (TPSA) is 9.23 Å². The Bertz CT molecular complexity index is 4080. The van der Waals surface area contributed by atoms with Crippen molar-refractivity contribution in [2.24, 2.45) is 0 Å². The fourth-order valence-electron chi connectivity index (χ4n) is 6.83. The van der Waals surface area contributed by atoms with Gasteiger partial charge in [-0.25, -0.2) is 0 Å². The van der Waals surface area contributed by atoms with Crippen molar-refractivity contribution in [3.63, 3.8) is 0 Å². The van der Waals surface area contributed by atoms with Crippen LogP contribution in [0.3, 0.4) is 0 Å². The van der Waals surface area contributed by atoms with E-state index >= 15 is 0 Å². The molecule has 1 spiro atoms. The van der Waals surface area contributed by atoms with E-state index in [4.69, 9.17) is 22.6 Å². The minimum atomic E-state index is -2.84. The molecule has 46 heavy (non-hydrogen) atoms. The first-order chi connectivity index (χ1) is 33.6. The SMILES string of the molecule is [2H]c1c([2H])c([2H])c2c(c1[2H])-c1c([2H])c([2H])c(-c3c([2H])c([2H])c4c(c3[2H])-c3c([2H])c([2H])c([2H])c5c([2H])c([2H])c([2H])c(c35)O4)c([2H])c1C21c2c([2H])c([2H])c([2H])c([2H])c2-c2c1c([2H])c([2H])c1c([2H])c([2H])c([2H])c([2H])c21. The van der Waals surface area contributed by atoms with Gasteiger partial charge in [0, 0.05) is 10.9 Å². The van der Waals surface area contributed by atoms with Gasteiger partial charge in [-0.2, -0.15) is 0 Å². The maximum Gasteiger partial charge on any atom is 0.135 e. The highest BCUT2D eigenvalue weighted by atomic mass is 16.5. The molecule has 212 valence electrons. The fourth-order valence-corrected chi connectivity index (χ4v) is 6.83. The van der Waals surface area contributed by atoms with E-state index < -0.39 is 257 Å². The lowest BCUT2D eigenvalue weighted by Crippen LogP contribution is -2.25. The van der Waals surface area contributed by atoms with Crippen LogP contribution in [-0.4, -0.2) is 0 Å². The average Bonchev–Trinajstić information content (AvgIpc) is 3.84. The molecule has 1 heterocycles.